The number of aryl methyl sites for hydroxylation is 1. The van der Waals surface area contributed by atoms with Crippen molar-refractivity contribution >= 4 is 62.0 Å². The molecule has 0 saturated heterocycles. The summed E-state index contributed by atoms with van der Waals surface area (Å²) in [5.41, 5.74) is 5.89. The summed E-state index contributed by atoms with van der Waals surface area (Å²) >= 11 is 3.47. The normalized spacial score (nSPS) is 13.5. The van der Waals surface area contributed by atoms with Gasteiger partial charge >= 0.3 is 5.97 Å². The standard InChI is InChI=1S/C32H35BrN4O4/c1-36(2)19-5-4-6-28(38)37(3)25-15-13-24(14-16-25)34-31(22-10-7-21(8-11-22)9-18-29(39)40)30-26-17-12-23(33)20-27(26)35-32(30)41/h7-8,10-17,20,34H,4-6,9,18-19H2,1-3H3,(H,35,41)(H,39,40)/b31-30-. The van der Waals surface area contributed by atoms with Gasteiger partial charge in [0.1, 0.15) is 0 Å². The Labute approximate surface area is 249 Å². The Morgan fingerprint density at radius 1 is 0.927 bits per heavy atom. The van der Waals surface area contributed by atoms with Gasteiger partial charge in [-0.25, -0.2) is 0 Å². The first-order chi connectivity index (χ1) is 19.6. The van der Waals surface area contributed by atoms with Gasteiger partial charge in [0.2, 0.25) is 5.91 Å². The molecule has 3 N–H and O–H groups in total. The van der Waals surface area contributed by atoms with Crippen LogP contribution in [0.1, 0.15) is 42.4 Å². The number of nitrogens with one attached hydrogen (secondary N) is 2. The molecule has 4 rings (SSSR count). The van der Waals surface area contributed by atoms with Gasteiger partial charge in [-0.3, -0.25) is 14.4 Å². The number of amides is 2. The number of carbonyl (C=O) groups excluding carboxylic acids is 2. The molecule has 0 bridgehead atoms. The fraction of sp³-hybridized carbons (Fsp3) is 0.281. The minimum atomic E-state index is -0.843. The average Bonchev–Trinajstić information content (AvgIpc) is 3.27. The van der Waals surface area contributed by atoms with E-state index in [9.17, 15) is 14.4 Å². The zero-order valence-electron chi connectivity index (χ0n) is 23.5. The van der Waals surface area contributed by atoms with E-state index < -0.39 is 5.97 Å². The number of nitrogens with zero attached hydrogens (tertiary/aromatic N) is 2. The highest BCUT2D eigenvalue weighted by Crippen LogP contribution is 2.39. The Kier molecular flexibility index (Phi) is 9.96. The van der Waals surface area contributed by atoms with Crippen LogP contribution in [0.5, 0.6) is 0 Å². The summed E-state index contributed by atoms with van der Waals surface area (Å²) in [6, 6.07) is 20.8. The summed E-state index contributed by atoms with van der Waals surface area (Å²) in [4.78, 5) is 40.7. The number of benzene rings is 3. The van der Waals surface area contributed by atoms with E-state index in [1.165, 1.54) is 0 Å². The zero-order valence-corrected chi connectivity index (χ0v) is 25.1. The highest BCUT2D eigenvalue weighted by molar-refractivity contribution is 9.10. The molecule has 9 heteroatoms. The summed E-state index contributed by atoms with van der Waals surface area (Å²) in [5, 5.41) is 15.4. The molecule has 3 aromatic carbocycles. The summed E-state index contributed by atoms with van der Waals surface area (Å²) in [7, 11) is 5.84. The van der Waals surface area contributed by atoms with Crippen LogP contribution in [0.25, 0.3) is 11.3 Å². The molecule has 0 saturated carbocycles. The van der Waals surface area contributed by atoms with Crippen molar-refractivity contribution in [1.82, 2.24) is 4.90 Å². The first-order valence-electron chi connectivity index (χ1n) is 13.6. The van der Waals surface area contributed by atoms with Crippen molar-refractivity contribution in [2.24, 2.45) is 0 Å². The van der Waals surface area contributed by atoms with Gasteiger partial charge in [0.25, 0.3) is 5.91 Å². The molecular formula is C32H35BrN4O4. The molecular weight excluding hydrogens is 584 g/mol. The second-order valence-electron chi connectivity index (χ2n) is 10.4. The molecule has 0 unspecified atom stereocenters. The van der Waals surface area contributed by atoms with Crippen molar-refractivity contribution in [2.45, 2.75) is 32.1 Å². The van der Waals surface area contributed by atoms with E-state index in [2.05, 4.69) is 31.5 Å². The van der Waals surface area contributed by atoms with Gasteiger partial charge in [-0.2, -0.15) is 0 Å². The van der Waals surface area contributed by atoms with Gasteiger partial charge < -0.3 is 25.5 Å². The molecule has 0 aromatic heterocycles. The third kappa shape index (κ3) is 7.83. The quantitative estimate of drug-likeness (QED) is 0.168. The maximum atomic E-state index is 13.2. The zero-order chi connectivity index (χ0) is 29.5. The van der Waals surface area contributed by atoms with E-state index in [4.69, 9.17) is 5.11 Å². The largest absolute Gasteiger partial charge is 0.481 e. The molecule has 1 aliphatic rings. The van der Waals surface area contributed by atoms with E-state index in [0.29, 0.717) is 24.1 Å². The van der Waals surface area contributed by atoms with E-state index in [0.717, 1.165) is 57.6 Å². The van der Waals surface area contributed by atoms with Gasteiger partial charge in [0, 0.05) is 41.3 Å². The number of carbonyl (C=O) groups is 3. The van der Waals surface area contributed by atoms with Gasteiger partial charge in [0.15, 0.2) is 0 Å². The molecule has 214 valence electrons. The molecule has 3 aromatic rings. The van der Waals surface area contributed by atoms with E-state index >= 15 is 0 Å². The van der Waals surface area contributed by atoms with Crippen molar-refractivity contribution in [3.8, 4) is 0 Å². The Morgan fingerprint density at radius 2 is 1.63 bits per heavy atom. The topological polar surface area (TPSA) is 102 Å². The third-order valence-corrected chi connectivity index (χ3v) is 7.48. The van der Waals surface area contributed by atoms with E-state index in [1.54, 1.807) is 11.9 Å². The van der Waals surface area contributed by atoms with Crippen molar-refractivity contribution in [2.75, 3.05) is 43.2 Å². The van der Waals surface area contributed by atoms with Gasteiger partial charge in [0.05, 0.1) is 17.0 Å². The van der Waals surface area contributed by atoms with Crippen LogP contribution in [0.15, 0.2) is 71.2 Å². The predicted molar refractivity (Wildman–Crippen MR) is 168 cm³/mol. The second-order valence-corrected chi connectivity index (χ2v) is 11.3. The van der Waals surface area contributed by atoms with Crippen LogP contribution in [-0.4, -0.2) is 55.5 Å². The minimum absolute atomic E-state index is 0.0512. The molecule has 0 spiro atoms. The maximum Gasteiger partial charge on any atom is 0.303 e. The molecule has 0 aliphatic carbocycles. The number of anilines is 3. The van der Waals surface area contributed by atoms with Crippen LogP contribution >= 0.6 is 15.9 Å². The van der Waals surface area contributed by atoms with Crippen molar-refractivity contribution in [1.29, 1.82) is 0 Å². The van der Waals surface area contributed by atoms with Crippen LogP contribution in [0.2, 0.25) is 0 Å². The predicted octanol–water partition coefficient (Wildman–Crippen LogP) is 6.09. The first-order valence-corrected chi connectivity index (χ1v) is 14.4. The molecule has 0 atom stereocenters. The highest BCUT2D eigenvalue weighted by Gasteiger charge is 2.28. The van der Waals surface area contributed by atoms with Crippen molar-refractivity contribution in [3.63, 3.8) is 0 Å². The lowest BCUT2D eigenvalue weighted by atomic mass is 9.98. The second kappa shape index (κ2) is 13.6. The van der Waals surface area contributed by atoms with Crippen LogP contribution in [0.4, 0.5) is 17.1 Å². The van der Waals surface area contributed by atoms with Crippen LogP contribution < -0.4 is 15.5 Å². The van der Waals surface area contributed by atoms with Gasteiger partial charge in [-0.1, -0.05) is 46.3 Å². The molecule has 0 fully saturated rings. The summed E-state index contributed by atoms with van der Waals surface area (Å²) < 4.78 is 0.863. The summed E-state index contributed by atoms with van der Waals surface area (Å²) in [6.45, 7) is 0.958. The molecule has 41 heavy (non-hydrogen) atoms. The summed E-state index contributed by atoms with van der Waals surface area (Å²) in [5.74, 6) is -0.989. The number of carboxylic acid groups (broad SMARTS) is 1. The number of carboxylic acids is 1. The number of halogens is 1. The van der Waals surface area contributed by atoms with Crippen LogP contribution in [0, 0.1) is 0 Å². The number of unbranched alkanes of at least 4 members (excludes halogenated alkanes) is 1. The third-order valence-electron chi connectivity index (χ3n) is 6.99. The number of hydrogen-bond donors (Lipinski definition) is 3. The number of rotatable bonds is 12. The first kappa shape index (κ1) is 30.0. The van der Waals surface area contributed by atoms with Gasteiger partial charge in [-0.05, 0) is 87.4 Å². The summed E-state index contributed by atoms with van der Waals surface area (Å²) in [6.07, 6.45) is 2.78. The Balaban J connectivity index is 1.60. The number of hydrogen-bond acceptors (Lipinski definition) is 5. The average molecular weight is 620 g/mol. The Morgan fingerprint density at radius 3 is 2.29 bits per heavy atom. The fourth-order valence-electron chi connectivity index (χ4n) is 4.69. The lowest BCUT2D eigenvalue weighted by Gasteiger charge is -2.19. The lowest BCUT2D eigenvalue weighted by Crippen LogP contribution is -2.26. The SMILES string of the molecule is CN(C)CCCCC(=O)N(C)c1ccc(N/C(=C2\C(=O)Nc3cc(Br)ccc32)c2ccc(CCC(=O)O)cc2)cc1. The molecule has 0 radical (unpaired) electrons. The molecule has 8 nitrogen and oxygen atoms in total. The molecule has 1 heterocycles. The highest BCUT2D eigenvalue weighted by atomic mass is 79.9. The lowest BCUT2D eigenvalue weighted by molar-refractivity contribution is -0.137. The van der Waals surface area contributed by atoms with Gasteiger partial charge in [-0.15, -0.1) is 0 Å². The monoisotopic (exact) mass is 618 g/mol. The van der Waals surface area contributed by atoms with E-state index in [1.807, 2.05) is 80.8 Å². The number of fused-ring (bicyclic) bond motifs is 1. The minimum Gasteiger partial charge on any atom is -0.481 e. The molecule has 2 amide bonds. The maximum absolute atomic E-state index is 13.2. The number of aliphatic carboxylic acids is 1. The fourth-order valence-corrected chi connectivity index (χ4v) is 5.05. The van der Waals surface area contributed by atoms with Crippen molar-refractivity contribution in [3.05, 3.63) is 87.9 Å². The smallest absolute Gasteiger partial charge is 0.303 e. The Hall–Kier alpha value is -3.95. The Bertz CT molecular complexity index is 1450. The van der Waals surface area contributed by atoms with Crippen LogP contribution in [0.3, 0.4) is 0 Å². The molecule has 1 aliphatic heterocycles. The van der Waals surface area contributed by atoms with Crippen LogP contribution in [-0.2, 0) is 20.8 Å². The van der Waals surface area contributed by atoms with E-state index in [-0.39, 0.29) is 18.2 Å². The van der Waals surface area contributed by atoms with Crippen molar-refractivity contribution < 1.29 is 19.5 Å².